The van der Waals surface area contributed by atoms with Gasteiger partial charge in [0.15, 0.2) is 4.34 Å². The van der Waals surface area contributed by atoms with E-state index in [-0.39, 0.29) is 0 Å². The summed E-state index contributed by atoms with van der Waals surface area (Å²) in [6.45, 7) is 7.01. The quantitative estimate of drug-likeness (QED) is 0.826. The van der Waals surface area contributed by atoms with E-state index in [2.05, 4.69) is 32.4 Å². The van der Waals surface area contributed by atoms with Crippen molar-refractivity contribution in [1.29, 1.82) is 0 Å². The highest BCUT2D eigenvalue weighted by atomic mass is 32.2. The van der Waals surface area contributed by atoms with Crippen molar-refractivity contribution in [2.75, 3.05) is 11.9 Å². The molecule has 0 radical (unpaired) electrons. The topological polar surface area (TPSA) is 63.6 Å². The molecule has 2 rings (SSSR count). The Morgan fingerprint density at radius 2 is 2.11 bits per heavy atom. The minimum atomic E-state index is 0.719. The summed E-state index contributed by atoms with van der Waals surface area (Å²) < 4.78 is 0.964. The highest BCUT2D eigenvalue weighted by Crippen LogP contribution is 2.24. The van der Waals surface area contributed by atoms with Crippen molar-refractivity contribution in [2.24, 2.45) is 0 Å². The lowest BCUT2D eigenvalue weighted by Crippen LogP contribution is -2.05. The Bertz CT molecular complexity index is 541. The Labute approximate surface area is 121 Å². The number of nitrogens with one attached hydrogen (secondary N) is 1. The average molecular weight is 295 g/mol. The van der Waals surface area contributed by atoms with Crippen LogP contribution >= 0.6 is 23.1 Å². The molecule has 2 aromatic rings. The number of aromatic nitrogens is 4. The highest BCUT2D eigenvalue weighted by Gasteiger charge is 2.06. The van der Waals surface area contributed by atoms with Gasteiger partial charge >= 0.3 is 0 Å². The number of nitrogens with zero attached hydrogens (tertiary/aromatic N) is 4. The van der Waals surface area contributed by atoms with Crippen molar-refractivity contribution >= 4 is 28.9 Å². The van der Waals surface area contributed by atoms with E-state index in [9.17, 15) is 0 Å². The van der Waals surface area contributed by atoms with E-state index in [0.29, 0.717) is 0 Å². The van der Waals surface area contributed by atoms with Crippen LogP contribution in [0.3, 0.4) is 0 Å². The van der Waals surface area contributed by atoms with Gasteiger partial charge < -0.3 is 5.32 Å². The lowest BCUT2D eigenvalue weighted by Gasteiger charge is -2.06. The lowest BCUT2D eigenvalue weighted by atomic mass is 10.4. The van der Waals surface area contributed by atoms with E-state index < -0.39 is 0 Å². The highest BCUT2D eigenvalue weighted by molar-refractivity contribution is 8.00. The molecular formula is C12H17N5S2. The van der Waals surface area contributed by atoms with Crippen molar-refractivity contribution < 1.29 is 0 Å². The predicted molar refractivity (Wildman–Crippen MR) is 79.8 cm³/mol. The molecule has 2 heterocycles. The molecule has 0 saturated carbocycles. The summed E-state index contributed by atoms with van der Waals surface area (Å²) >= 11 is 3.23. The van der Waals surface area contributed by atoms with E-state index in [4.69, 9.17) is 0 Å². The summed E-state index contributed by atoms with van der Waals surface area (Å²) in [5.41, 5.74) is 0.984. The summed E-state index contributed by atoms with van der Waals surface area (Å²) in [4.78, 5) is 8.95. The molecular weight excluding hydrogens is 278 g/mol. The maximum absolute atomic E-state index is 4.51. The third-order valence-electron chi connectivity index (χ3n) is 2.29. The minimum Gasteiger partial charge on any atom is -0.370 e. The fraction of sp³-hybridized carbons (Fsp3) is 0.500. The molecule has 19 heavy (non-hydrogen) atoms. The number of hydrogen-bond donors (Lipinski definition) is 1. The van der Waals surface area contributed by atoms with Crippen molar-refractivity contribution in [1.82, 2.24) is 20.2 Å². The fourth-order valence-electron chi connectivity index (χ4n) is 1.50. The minimum absolute atomic E-state index is 0.719. The first kappa shape index (κ1) is 14.2. The number of anilines is 1. The van der Waals surface area contributed by atoms with Crippen LogP contribution in [0.15, 0.2) is 10.4 Å². The molecule has 0 aromatic carbocycles. The molecule has 0 spiro atoms. The zero-order chi connectivity index (χ0) is 13.7. The van der Waals surface area contributed by atoms with Crippen LogP contribution in [-0.2, 0) is 5.75 Å². The first-order valence-electron chi connectivity index (χ1n) is 6.18. The van der Waals surface area contributed by atoms with E-state index >= 15 is 0 Å². The van der Waals surface area contributed by atoms with Crippen molar-refractivity contribution in [2.45, 2.75) is 37.3 Å². The molecule has 0 saturated heterocycles. The molecule has 0 aliphatic rings. The maximum Gasteiger partial charge on any atom is 0.174 e. The van der Waals surface area contributed by atoms with Crippen LogP contribution in [-0.4, -0.2) is 26.7 Å². The second-order valence-corrected chi connectivity index (χ2v) is 6.52. The molecule has 0 fully saturated rings. The Morgan fingerprint density at radius 1 is 1.26 bits per heavy atom. The molecule has 0 bridgehead atoms. The summed E-state index contributed by atoms with van der Waals surface area (Å²) in [6, 6.07) is 1.97. The van der Waals surface area contributed by atoms with Crippen LogP contribution in [0.2, 0.25) is 0 Å². The predicted octanol–water partition coefficient (Wildman–Crippen LogP) is 3.06. The van der Waals surface area contributed by atoms with Gasteiger partial charge in [0.25, 0.3) is 0 Å². The molecule has 102 valence electrons. The number of aryl methyl sites for hydroxylation is 2. The van der Waals surface area contributed by atoms with Gasteiger partial charge in [-0.3, -0.25) is 0 Å². The molecule has 0 aliphatic carbocycles. The monoisotopic (exact) mass is 295 g/mol. The van der Waals surface area contributed by atoms with Gasteiger partial charge in [-0.2, -0.15) is 0 Å². The van der Waals surface area contributed by atoms with Gasteiger partial charge in [0.05, 0.1) is 5.75 Å². The van der Waals surface area contributed by atoms with E-state index in [0.717, 1.165) is 45.4 Å². The standard InChI is InChI=1S/C12H17N5S2/c1-4-5-13-10-6-8(2)14-11(15-10)7-18-12-17-16-9(3)19-12/h6H,4-5,7H2,1-3H3,(H,13,14,15). The molecule has 0 aliphatic heterocycles. The first-order chi connectivity index (χ1) is 9.17. The van der Waals surface area contributed by atoms with Crippen molar-refractivity contribution in [3.63, 3.8) is 0 Å². The Morgan fingerprint density at radius 3 is 2.79 bits per heavy atom. The average Bonchev–Trinajstić information content (AvgIpc) is 2.79. The van der Waals surface area contributed by atoms with Crippen molar-refractivity contribution in [3.8, 4) is 0 Å². The number of hydrogen-bond acceptors (Lipinski definition) is 7. The molecule has 2 aromatic heterocycles. The van der Waals surface area contributed by atoms with Gasteiger partial charge in [-0.1, -0.05) is 30.0 Å². The normalized spacial score (nSPS) is 10.7. The lowest BCUT2D eigenvalue weighted by molar-refractivity contribution is 0.939. The summed E-state index contributed by atoms with van der Waals surface area (Å²) in [5, 5.41) is 12.4. The zero-order valence-corrected chi connectivity index (χ0v) is 12.9. The van der Waals surface area contributed by atoms with Crippen LogP contribution in [0.1, 0.15) is 29.9 Å². The van der Waals surface area contributed by atoms with Gasteiger partial charge in [-0.15, -0.1) is 10.2 Å². The Kier molecular flexibility index (Phi) is 5.09. The molecule has 5 nitrogen and oxygen atoms in total. The maximum atomic E-state index is 4.51. The van der Waals surface area contributed by atoms with E-state index in [1.165, 1.54) is 0 Å². The van der Waals surface area contributed by atoms with Crippen LogP contribution in [0.4, 0.5) is 5.82 Å². The van der Waals surface area contributed by atoms with E-state index in [1.807, 2.05) is 19.9 Å². The van der Waals surface area contributed by atoms with Gasteiger partial charge in [0.2, 0.25) is 0 Å². The molecule has 0 atom stereocenters. The van der Waals surface area contributed by atoms with Gasteiger partial charge in [-0.25, -0.2) is 9.97 Å². The Balaban J connectivity index is 2.01. The van der Waals surface area contributed by atoms with Crippen LogP contribution < -0.4 is 5.32 Å². The molecule has 1 N–H and O–H groups in total. The Hall–Kier alpha value is -1.21. The third-order valence-corrected chi connectivity index (χ3v) is 4.26. The van der Waals surface area contributed by atoms with Crippen LogP contribution in [0, 0.1) is 13.8 Å². The zero-order valence-electron chi connectivity index (χ0n) is 11.3. The summed E-state index contributed by atoms with van der Waals surface area (Å²) in [6.07, 6.45) is 1.08. The molecule has 0 unspecified atom stereocenters. The largest absolute Gasteiger partial charge is 0.370 e. The SMILES string of the molecule is CCCNc1cc(C)nc(CSc2nnc(C)s2)n1. The number of thioether (sulfide) groups is 1. The molecule has 0 amide bonds. The van der Waals surface area contributed by atoms with Crippen molar-refractivity contribution in [3.05, 3.63) is 22.6 Å². The van der Waals surface area contributed by atoms with E-state index in [1.54, 1.807) is 23.1 Å². The first-order valence-corrected chi connectivity index (χ1v) is 7.99. The smallest absolute Gasteiger partial charge is 0.174 e. The fourth-order valence-corrected chi connectivity index (χ4v) is 3.17. The summed E-state index contributed by atoms with van der Waals surface area (Å²) in [7, 11) is 0. The van der Waals surface area contributed by atoms with Gasteiger partial charge in [0, 0.05) is 18.3 Å². The second kappa shape index (κ2) is 6.81. The molecule has 7 heteroatoms. The van der Waals surface area contributed by atoms with Gasteiger partial charge in [0.1, 0.15) is 16.6 Å². The van der Waals surface area contributed by atoms with Crippen LogP contribution in [0.5, 0.6) is 0 Å². The van der Waals surface area contributed by atoms with Gasteiger partial charge in [-0.05, 0) is 20.3 Å². The summed E-state index contributed by atoms with van der Waals surface area (Å²) in [5.74, 6) is 2.45. The van der Waals surface area contributed by atoms with Crippen LogP contribution in [0.25, 0.3) is 0 Å². The third kappa shape index (κ3) is 4.43. The second-order valence-electron chi connectivity index (χ2n) is 4.11. The number of rotatable bonds is 6.